The molecule has 1 aliphatic heterocycles. The third-order valence-electron chi connectivity index (χ3n) is 4.94. The lowest BCUT2D eigenvalue weighted by Crippen LogP contribution is -2.38. The molecule has 0 aliphatic carbocycles. The molecule has 9 nitrogen and oxygen atoms in total. The molecule has 9 heteroatoms. The maximum Gasteiger partial charge on any atom is 0.227 e. The Morgan fingerprint density at radius 1 is 1.11 bits per heavy atom. The minimum atomic E-state index is -0.374. The van der Waals surface area contributed by atoms with Crippen molar-refractivity contribution in [2.75, 3.05) is 23.3 Å². The molecule has 1 aromatic carbocycles. The van der Waals surface area contributed by atoms with Crippen molar-refractivity contribution in [1.82, 2.24) is 19.8 Å². The van der Waals surface area contributed by atoms with Gasteiger partial charge in [0.15, 0.2) is 5.65 Å². The van der Waals surface area contributed by atoms with Crippen LogP contribution in [0.1, 0.15) is 18.4 Å². The molecule has 0 saturated carbocycles. The van der Waals surface area contributed by atoms with E-state index in [4.69, 9.17) is 5.73 Å². The van der Waals surface area contributed by atoms with Gasteiger partial charge in [0.25, 0.3) is 0 Å². The Balaban J connectivity index is 1.32. The second kappa shape index (κ2) is 7.63. The van der Waals surface area contributed by atoms with Gasteiger partial charge in [-0.05, 0) is 42.7 Å². The molecule has 0 atom stereocenters. The fourth-order valence-corrected chi connectivity index (χ4v) is 3.41. The Morgan fingerprint density at radius 3 is 2.57 bits per heavy atom. The van der Waals surface area contributed by atoms with Crippen molar-refractivity contribution in [2.24, 2.45) is 11.7 Å². The molecular formula is C19H21N7O2. The molecule has 2 amide bonds. The molecule has 3 heterocycles. The fraction of sp³-hybridized carbons (Fsp3) is 0.316. The number of aromatic nitrogens is 4. The number of rotatable bonds is 5. The third kappa shape index (κ3) is 3.93. The van der Waals surface area contributed by atoms with Crippen LogP contribution in [-0.2, 0) is 16.0 Å². The highest BCUT2D eigenvalue weighted by atomic mass is 16.2. The van der Waals surface area contributed by atoms with Gasteiger partial charge >= 0.3 is 0 Å². The van der Waals surface area contributed by atoms with E-state index in [1.54, 1.807) is 35.1 Å². The third-order valence-corrected chi connectivity index (χ3v) is 4.94. The first-order valence-electron chi connectivity index (χ1n) is 9.18. The number of hydrogen-bond donors (Lipinski definition) is 2. The molecular weight excluding hydrogens is 358 g/mol. The number of nitrogens with two attached hydrogens (primary N) is 1. The van der Waals surface area contributed by atoms with Crippen molar-refractivity contribution in [3.05, 3.63) is 48.3 Å². The number of benzene rings is 1. The summed E-state index contributed by atoms with van der Waals surface area (Å²) < 4.78 is 1.65. The molecule has 1 saturated heterocycles. The van der Waals surface area contributed by atoms with Gasteiger partial charge in [-0.2, -0.15) is 4.52 Å². The first kappa shape index (κ1) is 17.9. The van der Waals surface area contributed by atoms with Crippen molar-refractivity contribution >= 4 is 29.0 Å². The maximum atomic E-state index is 12.6. The lowest BCUT2D eigenvalue weighted by Gasteiger charge is -2.32. The smallest absolute Gasteiger partial charge is 0.227 e. The Labute approximate surface area is 161 Å². The number of primary amides is 1. The molecule has 0 bridgehead atoms. The van der Waals surface area contributed by atoms with Crippen molar-refractivity contribution in [3.63, 3.8) is 0 Å². The van der Waals surface area contributed by atoms with Crippen LogP contribution < -0.4 is 16.0 Å². The van der Waals surface area contributed by atoms with Gasteiger partial charge in [-0.15, -0.1) is 15.3 Å². The molecule has 1 fully saturated rings. The highest BCUT2D eigenvalue weighted by Crippen LogP contribution is 2.23. The minimum absolute atomic E-state index is 0.0181. The minimum Gasteiger partial charge on any atom is -0.369 e. The Bertz CT molecular complexity index is 991. The van der Waals surface area contributed by atoms with Crippen LogP contribution in [0.4, 0.5) is 11.5 Å². The summed E-state index contributed by atoms with van der Waals surface area (Å²) in [5.41, 5.74) is 7.45. The summed E-state index contributed by atoms with van der Waals surface area (Å²) in [5, 5.41) is 15.3. The van der Waals surface area contributed by atoms with Crippen molar-refractivity contribution in [3.8, 4) is 0 Å². The molecule has 4 rings (SSSR count). The van der Waals surface area contributed by atoms with E-state index in [-0.39, 0.29) is 24.2 Å². The van der Waals surface area contributed by atoms with E-state index in [0.717, 1.165) is 43.0 Å². The van der Waals surface area contributed by atoms with E-state index in [9.17, 15) is 9.59 Å². The lowest BCUT2D eigenvalue weighted by atomic mass is 9.95. The van der Waals surface area contributed by atoms with E-state index in [2.05, 4.69) is 25.5 Å². The molecule has 0 radical (unpaired) electrons. The van der Waals surface area contributed by atoms with Gasteiger partial charge in [-0.1, -0.05) is 12.1 Å². The number of nitrogens with one attached hydrogen (secondary N) is 1. The van der Waals surface area contributed by atoms with E-state index >= 15 is 0 Å². The van der Waals surface area contributed by atoms with Crippen LogP contribution in [0.5, 0.6) is 0 Å². The molecule has 1 aliphatic rings. The standard InChI is InChI=1S/C19H21N7O2/c20-16(27)11-13-1-3-15(4-2-13)22-19(28)14-7-9-25(10-8-14)18-6-5-17-23-21-12-26(17)24-18/h1-6,12,14H,7-11H2,(H2,20,27)(H,22,28). The summed E-state index contributed by atoms with van der Waals surface area (Å²) in [6.07, 6.45) is 3.29. The molecule has 28 heavy (non-hydrogen) atoms. The zero-order valence-corrected chi connectivity index (χ0v) is 15.3. The van der Waals surface area contributed by atoms with E-state index in [1.807, 2.05) is 12.1 Å². The summed E-state index contributed by atoms with van der Waals surface area (Å²) in [5.74, 6) is 0.461. The van der Waals surface area contributed by atoms with Gasteiger partial charge in [0.1, 0.15) is 12.1 Å². The van der Waals surface area contributed by atoms with Crippen LogP contribution in [0.25, 0.3) is 5.65 Å². The van der Waals surface area contributed by atoms with Crippen LogP contribution >= 0.6 is 0 Å². The molecule has 0 spiro atoms. The van der Waals surface area contributed by atoms with Gasteiger partial charge < -0.3 is 16.0 Å². The van der Waals surface area contributed by atoms with Gasteiger partial charge in [0.05, 0.1) is 6.42 Å². The van der Waals surface area contributed by atoms with E-state index in [0.29, 0.717) is 5.65 Å². The van der Waals surface area contributed by atoms with Crippen LogP contribution in [0, 0.1) is 5.92 Å². The lowest BCUT2D eigenvalue weighted by molar-refractivity contribution is -0.120. The Hall–Kier alpha value is -3.49. The van der Waals surface area contributed by atoms with Crippen molar-refractivity contribution < 1.29 is 9.59 Å². The van der Waals surface area contributed by atoms with Gasteiger partial charge in [-0.3, -0.25) is 9.59 Å². The summed E-state index contributed by atoms with van der Waals surface area (Å²) >= 11 is 0. The number of piperidine rings is 1. The number of hydrogen-bond acceptors (Lipinski definition) is 6. The zero-order chi connectivity index (χ0) is 19.5. The summed E-state index contributed by atoms with van der Waals surface area (Å²) in [4.78, 5) is 25.7. The summed E-state index contributed by atoms with van der Waals surface area (Å²) in [7, 11) is 0. The average Bonchev–Trinajstić information content (AvgIpc) is 3.17. The number of carbonyl (C=O) groups is 2. The molecule has 3 aromatic rings. The largest absolute Gasteiger partial charge is 0.369 e. The second-order valence-corrected chi connectivity index (χ2v) is 6.92. The van der Waals surface area contributed by atoms with E-state index in [1.165, 1.54) is 0 Å². The molecule has 2 aromatic heterocycles. The predicted molar refractivity (Wildman–Crippen MR) is 104 cm³/mol. The van der Waals surface area contributed by atoms with Crippen LogP contribution in [0.15, 0.2) is 42.7 Å². The molecule has 0 unspecified atom stereocenters. The van der Waals surface area contributed by atoms with Gasteiger partial charge in [-0.25, -0.2) is 0 Å². The Kier molecular flexibility index (Phi) is 4.88. The van der Waals surface area contributed by atoms with Crippen LogP contribution in [0.3, 0.4) is 0 Å². The normalized spacial score (nSPS) is 14.9. The zero-order valence-electron chi connectivity index (χ0n) is 15.3. The molecule has 144 valence electrons. The van der Waals surface area contributed by atoms with Gasteiger partial charge in [0, 0.05) is 24.7 Å². The monoisotopic (exact) mass is 379 g/mol. The number of fused-ring (bicyclic) bond motifs is 1. The number of amides is 2. The van der Waals surface area contributed by atoms with Gasteiger partial charge in [0.2, 0.25) is 11.8 Å². The number of anilines is 2. The SMILES string of the molecule is NC(=O)Cc1ccc(NC(=O)C2CCN(c3ccc4nncn4n3)CC2)cc1. The first-order valence-corrected chi connectivity index (χ1v) is 9.18. The predicted octanol–water partition coefficient (Wildman–Crippen LogP) is 1.01. The number of carbonyl (C=O) groups excluding carboxylic acids is 2. The molecule has 3 N–H and O–H groups in total. The van der Waals surface area contributed by atoms with E-state index < -0.39 is 0 Å². The van der Waals surface area contributed by atoms with Crippen LogP contribution in [-0.4, -0.2) is 44.7 Å². The van der Waals surface area contributed by atoms with Crippen molar-refractivity contribution in [1.29, 1.82) is 0 Å². The average molecular weight is 379 g/mol. The summed E-state index contributed by atoms with van der Waals surface area (Å²) in [6, 6.07) is 11.0. The Morgan fingerprint density at radius 2 is 1.86 bits per heavy atom. The topological polar surface area (TPSA) is 119 Å². The highest BCUT2D eigenvalue weighted by molar-refractivity contribution is 5.92. The summed E-state index contributed by atoms with van der Waals surface area (Å²) in [6.45, 7) is 1.52. The second-order valence-electron chi connectivity index (χ2n) is 6.92. The quantitative estimate of drug-likeness (QED) is 0.683. The first-order chi connectivity index (χ1) is 13.6. The highest BCUT2D eigenvalue weighted by Gasteiger charge is 2.26. The fourth-order valence-electron chi connectivity index (χ4n) is 3.41. The maximum absolute atomic E-state index is 12.6. The number of nitrogens with zero attached hydrogens (tertiary/aromatic N) is 5. The van der Waals surface area contributed by atoms with Crippen molar-refractivity contribution in [2.45, 2.75) is 19.3 Å². The van der Waals surface area contributed by atoms with Crippen LogP contribution in [0.2, 0.25) is 0 Å².